The summed E-state index contributed by atoms with van der Waals surface area (Å²) in [7, 11) is 3.16. The van der Waals surface area contributed by atoms with Crippen molar-refractivity contribution in [3.8, 4) is 17.6 Å². The van der Waals surface area contributed by atoms with Crippen LogP contribution in [0.4, 0.5) is 5.69 Å². The number of carbonyl (C=O) groups excluding carboxylic acids is 1. The van der Waals surface area contributed by atoms with E-state index in [-0.39, 0.29) is 11.9 Å². The van der Waals surface area contributed by atoms with Gasteiger partial charge in [0.15, 0.2) is 11.5 Å². The summed E-state index contributed by atoms with van der Waals surface area (Å²) in [6.45, 7) is 2.21. The van der Waals surface area contributed by atoms with Gasteiger partial charge >= 0.3 is 0 Å². The smallest absolute Gasteiger partial charge is 0.253 e. The summed E-state index contributed by atoms with van der Waals surface area (Å²) >= 11 is 0. The van der Waals surface area contributed by atoms with Crippen LogP contribution in [-0.2, 0) is 6.54 Å². The Morgan fingerprint density at radius 2 is 2.03 bits per heavy atom. The third-order valence-corrected chi connectivity index (χ3v) is 4.95. The molecule has 2 aromatic rings. The molecule has 1 aliphatic heterocycles. The maximum absolute atomic E-state index is 12.9. The van der Waals surface area contributed by atoms with Gasteiger partial charge in [-0.2, -0.15) is 5.26 Å². The molecule has 1 heterocycles. The van der Waals surface area contributed by atoms with E-state index in [0.717, 1.165) is 37.2 Å². The van der Waals surface area contributed by atoms with Crippen LogP contribution in [0.2, 0.25) is 0 Å². The van der Waals surface area contributed by atoms with Crippen LogP contribution in [-0.4, -0.2) is 39.3 Å². The molecule has 0 saturated carbocycles. The van der Waals surface area contributed by atoms with Crippen LogP contribution in [0.25, 0.3) is 0 Å². The summed E-state index contributed by atoms with van der Waals surface area (Å²) in [6, 6.07) is 13.0. The average molecular weight is 394 g/mol. The monoisotopic (exact) mass is 394 g/mol. The fourth-order valence-corrected chi connectivity index (χ4v) is 3.39. The van der Waals surface area contributed by atoms with Crippen LogP contribution < -0.4 is 25.4 Å². The normalized spacial score (nSPS) is 15.8. The van der Waals surface area contributed by atoms with Crippen molar-refractivity contribution in [1.82, 2.24) is 10.6 Å². The Labute approximate surface area is 171 Å². The third-order valence-electron chi connectivity index (χ3n) is 4.95. The number of hydrogen-bond donors (Lipinski definition) is 3. The van der Waals surface area contributed by atoms with Gasteiger partial charge in [0.25, 0.3) is 5.91 Å². The Hall–Kier alpha value is -3.24. The molecule has 0 bridgehead atoms. The number of hydrogen-bond acceptors (Lipinski definition) is 6. The van der Waals surface area contributed by atoms with Crippen LogP contribution in [0.5, 0.6) is 11.5 Å². The number of piperidine rings is 1. The average Bonchev–Trinajstić information content (AvgIpc) is 2.78. The van der Waals surface area contributed by atoms with Crippen LogP contribution >= 0.6 is 0 Å². The molecule has 7 heteroatoms. The Balaban J connectivity index is 1.74. The van der Waals surface area contributed by atoms with E-state index in [2.05, 4.69) is 22.0 Å². The lowest BCUT2D eigenvalue weighted by molar-refractivity contribution is 0.0951. The molecule has 0 aliphatic carbocycles. The van der Waals surface area contributed by atoms with Crippen molar-refractivity contribution in [3.63, 3.8) is 0 Å². The molecule has 29 heavy (non-hydrogen) atoms. The molecule has 0 radical (unpaired) electrons. The van der Waals surface area contributed by atoms with E-state index >= 15 is 0 Å². The summed E-state index contributed by atoms with van der Waals surface area (Å²) in [5.41, 5.74) is 2.55. The second kappa shape index (κ2) is 9.80. The summed E-state index contributed by atoms with van der Waals surface area (Å²) in [5.74, 6) is 1.01. The maximum atomic E-state index is 12.9. The molecule has 1 saturated heterocycles. The zero-order valence-corrected chi connectivity index (χ0v) is 16.7. The standard InChI is InChI=1S/C22H26N4O3/c1-28-20-8-6-16(11-21(20)29-2)13-25-22(27)18-10-15(12-23)5-7-19(18)26-17-4-3-9-24-14-17/h5-8,10-11,17,24,26H,3-4,9,13-14H2,1-2H3,(H,25,27). The zero-order valence-electron chi connectivity index (χ0n) is 16.7. The quantitative estimate of drug-likeness (QED) is 0.668. The number of nitrogens with one attached hydrogen (secondary N) is 3. The summed E-state index contributed by atoms with van der Waals surface area (Å²) < 4.78 is 10.6. The maximum Gasteiger partial charge on any atom is 0.253 e. The van der Waals surface area contributed by atoms with Gasteiger partial charge in [-0.3, -0.25) is 4.79 Å². The third kappa shape index (κ3) is 5.18. The molecule has 3 rings (SSSR count). The number of ether oxygens (including phenoxy) is 2. The molecule has 152 valence electrons. The second-order valence-corrected chi connectivity index (χ2v) is 6.93. The van der Waals surface area contributed by atoms with Gasteiger partial charge in [-0.15, -0.1) is 0 Å². The highest BCUT2D eigenvalue weighted by molar-refractivity contribution is 6.00. The lowest BCUT2D eigenvalue weighted by Crippen LogP contribution is -2.39. The summed E-state index contributed by atoms with van der Waals surface area (Å²) in [5, 5.41) is 19.0. The molecule has 1 atom stereocenters. The van der Waals surface area contributed by atoms with Crippen molar-refractivity contribution in [3.05, 3.63) is 53.1 Å². The molecule has 0 spiro atoms. The SMILES string of the molecule is COc1ccc(CNC(=O)c2cc(C#N)ccc2NC2CCCNC2)cc1OC. The molecular weight excluding hydrogens is 368 g/mol. The van der Waals surface area contributed by atoms with E-state index in [0.29, 0.717) is 29.2 Å². The molecular formula is C22H26N4O3. The van der Waals surface area contributed by atoms with Crippen molar-refractivity contribution in [2.75, 3.05) is 32.6 Å². The van der Waals surface area contributed by atoms with Crippen molar-refractivity contribution in [2.24, 2.45) is 0 Å². The minimum atomic E-state index is -0.233. The molecule has 1 amide bonds. The number of nitrogens with zero attached hydrogens (tertiary/aromatic N) is 1. The number of carbonyl (C=O) groups is 1. The van der Waals surface area contributed by atoms with Gasteiger partial charge in [-0.25, -0.2) is 0 Å². The summed E-state index contributed by atoms with van der Waals surface area (Å²) in [4.78, 5) is 12.9. The minimum absolute atomic E-state index is 0.233. The first-order chi connectivity index (χ1) is 14.1. The predicted octanol–water partition coefficient (Wildman–Crippen LogP) is 2.67. The first kappa shape index (κ1) is 20.5. The van der Waals surface area contributed by atoms with Gasteiger partial charge < -0.3 is 25.4 Å². The molecule has 1 fully saturated rings. The van der Waals surface area contributed by atoms with Gasteiger partial charge in [0.2, 0.25) is 0 Å². The highest BCUT2D eigenvalue weighted by atomic mass is 16.5. The van der Waals surface area contributed by atoms with Gasteiger partial charge in [-0.05, 0) is 55.3 Å². The number of amides is 1. The number of rotatable bonds is 7. The highest BCUT2D eigenvalue weighted by Crippen LogP contribution is 2.27. The van der Waals surface area contributed by atoms with E-state index in [4.69, 9.17) is 9.47 Å². The molecule has 7 nitrogen and oxygen atoms in total. The highest BCUT2D eigenvalue weighted by Gasteiger charge is 2.18. The number of anilines is 1. The fourth-order valence-electron chi connectivity index (χ4n) is 3.39. The molecule has 0 aromatic heterocycles. The molecule has 1 unspecified atom stereocenters. The van der Waals surface area contributed by atoms with E-state index in [1.165, 1.54) is 0 Å². The lowest BCUT2D eigenvalue weighted by atomic mass is 10.0. The lowest BCUT2D eigenvalue weighted by Gasteiger charge is -2.26. The Morgan fingerprint density at radius 3 is 2.72 bits per heavy atom. The first-order valence-corrected chi connectivity index (χ1v) is 9.65. The fraction of sp³-hybridized carbons (Fsp3) is 0.364. The van der Waals surface area contributed by atoms with Crippen LogP contribution in [0, 0.1) is 11.3 Å². The Bertz CT molecular complexity index is 901. The van der Waals surface area contributed by atoms with Crippen molar-refractivity contribution >= 4 is 11.6 Å². The zero-order chi connectivity index (χ0) is 20.6. The Morgan fingerprint density at radius 1 is 1.21 bits per heavy atom. The molecule has 3 N–H and O–H groups in total. The van der Waals surface area contributed by atoms with E-state index in [1.807, 2.05) is 12.1 Å². The number of benzene rings is 2. The molecule has 2 aromatic carbocycles. The van der Waals surface area contributed by atoms with Gasteiger partial charge in [0.05, 0.1) is 31.4 Å². The van der Waals surface area contributed by atoms with Crippen LogP contribution in [0.15, 0.2) is 36.4 Å². The van der Waals surface area contributed by atoms with Gasteiger partial charge in [-0.1, -0.05) is 6.07 Å². The second-order valence-electron chi connectivity index (χ2n) is 6.93. The summed E-state index contributed by atoms with van der Waals surface area (Å²) in [6.07, 6.45) is 2.13. The van der Waals surface area contributed by atoms with Crippen LogP contribution in [0.3, 0.4) is 0 Å². The number of methoxy groups -OCH3 is 2. The van der Waals surface area contributed by atoms with Crippen LogP contribution in [0.1, 0.15) is 34.3 Å². The van der Waals surface area contributed by atoms with E-state index in [9.17, 15) is 10.1 Å². The van der Waals surface area contributed by atoms with E-state index < -0.39 is 0 Å². The topological polar surface area (TPSA) is 95.4 Å². The first-order valence-electron chi connectivity index (χ1n) is 9.65. The van der Waals surface area contributed by atoms with E-state index in [1.54, 1.807) is 38.5 Å². The Kier molecular flexibility index (Phi) is 6.93. The number of nitriles is 1. The van der Waals surface area contributed by atoms with Crippen molar-refractivity contribution in [2.45, 2.75) is 25.4 Å². The minimum Gasteiger partial charge on any atom is -0.493 e. The van der Waals surface area contributed by atoms with Crippen molar-refractivity contribution < 1.29 is 14.3 Å². The predicted molar refractivity (Wildman–Crippen MR) is 111 cm³/mol. The van der Waals surface area contributed by atoms with Gasteiger partial charge in [0.1, 0.15) is 0 Å². The van der Waals surface area contributed by atoms with Crippen molar-refractivity contribution in [1.29, 1.82) is 5.26 Å². The van der Waals surface area contributed by atoms with Gasteiger partial charge in [0, 0.05) is 24.8 Å². The molecule has 1 aliphatic rings. The largest absolute Gasteiger partial charge is 0.493 e.